The molecule has 4 rings (SSSR count). The Bertz CT molecular complexity index is 1120. The summed E-state index contributed by atoms with van der Waals surface area (Å²) in [5.41, 5.74) is 1.31. The Morgan fingerprint density at radius 1 is 1.13 bits per heavy atom. The largest absolute Gasteiger partial charge is 0.378 e. The van der Waals surface area contributed by atoms with Crippen molar-refractivity contribution < 1.29 is 14.3 Å². The minimum absolute atomic E-state index is 0.132. The zero-order valence-corrected chi connectivity index (χ0v) is 18.1. The highest BCUT2D eigenvalue weighted by molar-refractivity contribution is 6.42. The van der Waals surface area contributed by atoms with Gasteiger partial charge in [-0.05, 0) is 17.7 Å². The number of aromatic nitrogens is 5. The van der Waals surface area contributed by atoms with Gasteiger partial charge >= 0.3 is 0 Å². The first-order valence-electron chi connectivity index (χ1n) is 9.46. The Labute approximate surface area is 187 Å². The molecular formula is C19H19Cl2N7O3. The monoisotopic (exact) mass is 463 g/mol. The fraction of sp³-hybridized carbons (Fsp3) is 0.316. The van der Waals surface area contributed by atoms with Crippen LogP contribution in [0.2, 0.25) is 10.0 Å². The van der Waals surface area contributed by atoms with Crippen molar-refractivity contribution in [2.45, 2.75) is 6.54 Å². The van der Waals surface area contributed by atoms with Crippen molar-refractivity contribution in [1.29, 1.82) is 0 Å². The molecule has 0 radical (unpaired) electrons. The molecule has 31 heavy (non-hydrogen) atoms. The molecule has 162 valence electrons. The third-order valence-corrected chi connectivity index (χ3v) is 5.46. The molecule has 2 aromatic heterocycles. The van der Waals surface area contributed by atoms with Crippen LogP contribution < -0.4 is 5.32 Å². The van der Waals surface area contributed by atoms with Crippen LogP contribution >= 0.6 is 23.2 Å². The van der Waals surface area contributed by atoms with Crippen molar-refractivity contribution in [3.05, 3.63) is 57.6 Å². The number of ether oxygens (including phenoxy) is 1. The highest BCUT2D eigenvalue weighted by Crippen LogP contribution is 2.23. The van der Waals surface area contributed by atoms with Gasteiger partial charge in [0.15, 0.2) is 5.69 Å². The van der Waals surface area contributed by atoms with Gasteiger partial charge in [0.1, 0.15) is 12.0 Å². The molecule has 0 atom stereocenters. The summed E-state index contributed by atoms with van der Waals surface area (Å²) in [6.07, 6.45) is 1.49. The highest BCUT2D eigenvalue weighted by Gasteiger charge is 2.24. The lowest BCUT2D eigenvalue weighted by Gasteiger charge is -2.25. The van der Waals surface area contributed by atoms with E-state index in [4.69, 9.17) is 27.9 Å². The zero-order chi connectivity index (χ0) is 22.0. The molecule has 0 spiro atoms. The van der Waals surface area contributed by atoms with Crippen molar-refractivity contribution in [3.8, 4) is 0 Å². The Morgan fingerprint density at radius 3 is 2.65 bits per heavy atom. The number of hydrogen-bond donors (Lipinski definition) is 1. The van der Waals surface area contributed by atoms with E-state index in [-0.39, 0.29) is 23.2 Å². The van der Waals surface area contributed by atoms with Gasteiger partial charge < -0.3 is 9.64 Å². The molecule has 0 aliphatic carbocycles. The maximum atomic E-state index is 12.7. The maximum absolute atomic E-state index is 12.7. The topological polar surface area (TPSA) is 107 Å². The van der Waals surface area contributed by atoms with Crippen LogP contribution in [-0.4, -0.2) is 67.6 Å². The van der Waals surface area contributed by atoms with E-state index in [0.717, 1.165) is 5.56 Å². The molecule has 10 nitrogen and oxygen atoms in total. The third kappa shape index (κ3) is 4.87. The number of nitrogens with one attached hydrogen (secondary N) is 1. The molecule has 1 aromatic carbocycles. The van der Waals surface area contributed by atoms with Crippen molar-refractivity contribution in [2.24, 2.45) is 7.05 Å². The highest BCUT2D eigenvalue weighted by atomic mass is 35.5. The number of aryl methyl sites for hydroxylation is 1. The van der Waals surface area contributed by atoms with E-state index in [1.807, 2.05) is 6.07 Å². The summed E-state index contributed by atoms with van der Waals surface area (Å²) in [6.45, 7) is 2.38. The molecule has 12 heteroatoms. The summed E-state index contributed by atoms with van der Waals surface area (Å²) in [4.78, 5) is 31.0. The Kier molecular flexibility index (Phi) is 6.21. The molecule has 1 fully saturated rings. The molecule has 1 aliphatic rings. The first kappa shape index (κ1) is 21.3. The van der Waals surface area contributed by atoms with Crippen LogP contribution in [0.25, 0.3) is 0 Å². The van der Waals surface area contributed by atoms with Crippen LogP contribution in [0.15, 0.2) is 30.6 Å². The normalized spacial score (nSPS) is 14.0. The van der Waals surface area contributed by atoms with Crippen LogP contribution in [0.4, 0.5) is 5.95 Å². The fourth-order valence-electron chi connectivity index (χ4n) is 3.13. The summed E-state index contributed by atoms with van der Waals surface area (Å²) < 4.78 is 8.18. The number of anilines is 1. The summed E-state index contributed by atoms with van der Waals surface area (Å²) >= 11 is 12.0. The summed E-state index contributed by atoms with van der Waals surface area (Å²) in [5.74, 6) is -0.572. The van der Waals surface area contributed by atoms with E-state index in [9.17, 15) is 9.59 Å². The summed E-state index contributed by atoms with van der Waals surface area (Å²) in [7, 11) is 1.60. The Balaban J connectivity index is 1.42. The number of carbonyl (C=O) groups is 2. The second-order valence-corrected chi connectivity index (χ2v) is 7.73. The average molecular weight is 464 g/mol. The number of benzene rings is 1. The minimum Gasteiger partial charge on any atom is -0.378 e. The van der Waals surface area contributed by atoms with Crippen LogP contribution in [-0.2, 0) is 18.3 Å². The average Bonchev–Trinajstić information content (AvgIpc) is 3.37. The van der Waals surface area contributed by atoms with Gasteiger partial charge in [-0.1, -0.05) is 29.3 Å². The fourth-order valence-corrected chi connectivity index (χ4v) is 3.45. The smallest absolute Gasteiger partial charge is 0.276 e. The standard InChI is InChI=1S/C19H19Cl2N7O3/c1-26-16(9-15(24-26)18(30)27-4-6-31-7-5-27)17(29)23-19-22-11-28(25-19)10-12-2-3-13(20)14(21)8-12/h2-3,8-9,11H,4-7,10H2,1H3,(H,23,25,29). The molecule has 0 bridgehead atoms. The first-order chi connectivity index (χ1) is 14.9. The first-order valence-corrected chi connectivity index (χ1v) is 10.2. The van der Waals surface area contributed by atoms with E-state index in [0.29, 0.717) is 42.9 Å². The second kappa shape index (κ2) is 9.04. The van der Waals surface area contributed by atoms with E-state index in [2.05, 4.69) is 20.5 Å². The molecule has 1 N–H and O–H groups in total. The Hall–Kier alpha value is -2.95. The SMILES string of the molecule is Cn1nc(C(=O)N2CCOCC2)cc1C(=O)Nc1ncn(Cc2ccc(Cl)c(Cl)c2)n1. The van der Waals surface area contributed by atoms with Gasteiger partial charge in [-0.3, -0.25) is 19.6 Å². The predicted molar refractivity (Wildman–Crippen MR) is 113 cm³/mol. The van der Waals surface area contributed by atoms with Gasteiger partial charge in [-0.2, -0.15) is 5.10 Å². The van der Waals surface area contributed by atoms with E-state index < -0.39 is 5.91 Å². The van der Waals surface area contributed by atoms with Crippen molar-refractivity contribution in [1.82, 2.24) is 29.4 Å². The Morgan fingerprint density at radius 2 is 1.90 bits per heavy atom. The molecule has 1 saturated heterocycles. The van der Waals surface area contributed by atoms with Gasteiger partial charge in [0, 0.05) is 26.2 Å². The van der Waals surface area contributed by atoms with Crippen molar-refractivity contribution in [3.63, 3.8) is 0 Å². The van der Waals surface area contributed by atoms with E-state index in [1.165, 1.54) is 17.1 Å². The zero-order valence-electron chi connectivity index (χ0n) is 16.6. The van der Waals surface area contributed by atoms with Gasteiger partial charge in [-0.25, -0.2) is 9.67 Å². The quantitative estimate of drug-likeness (QED) is 0.620. The van der Waals surface area contributed by atoms with Gasteiger partial charge in [-0.15, -0.1) is 5.10 Å². The number of nitrogens with zero attached hydrogens (tertiary/aromatic N) is 6. The van der Waals surface area contributed by atoms with Crippen LogP contribution in [0.1, 0.15) is 26.5 Å². The minimum atomic E-state index is -0.469. The number of halogens is 2. The summed E-state index contributed by atoms with van der Waals surface area (Å²) in [5, 5.41) is 12.0. The van der Waals surface area contributed by atoms with Gasteiger partial charge in [0.25, 0.3) is 11.8 Å². The third-order valence-electron chi connectivity index (χ3n) is 4.72. The molecule has 0 unspecified atom stereocenters. The molecule has 1 aliphatic heterocycles. The van der Waals surface area contributed by atoms with Gasteiger partial charge in [0.05, 0.1) is 29.8 Å². The maximum Gasteiger partial charge on any atom is 0.276 e. The summed E-state index contributed by atoms with van der Waals surface area (Å²) in [6, 6.07) is 6.74. The number of rotatable bonds is 5. The van der Waals surface area contributed by atoms with Crippen LogP contribution in [0.5, 0.6) is 0 Å². The van der Waals surface area contributed by atoms with Crippen molar-refractivity contribution in [2.75, 3.05) is 31.6 Å². The second-order valence-electron chi connectivity index (χ2n) is 6.91. The van der Waals surface area contributed by atoms with E-state index >= 15 is 0 Å². The molecule has 0 saturated carbocycles. The predicted octanol–water partition coefficient (Wildman–Crippen LogP) is 2.09. The lowest BCUT2D eigenvalue weighted by molar-refractivity contribution is 0.0298. The van der Waals surface area contributed by atoms with Crippen molar-refractivity contribution >= 4 is 41.0 Å². The van der Waals surface area contributed by atoms with Crippen LogP contribution in [0, 0.1) is 0 Å². The number of amides is 2. The van der Waals surface area contributed by atoms with Crippen LogP contribution in [0.3, 0.4) is 0 Å². The number of morpholine rings is 1. The van der Waals surface area contributed by atoms with Gasteiger partial charge in [0.2, 0.25) is 5.95 Å². The lowest BCUT2D eigenvalue weighted by Crippen LogP contribution is -2.40. The molecular weight excluding hydrogens is 445 g/mol. The molecule has 3 heterocycles. The number of carbonyl (C=O) groups excluding carboxylic acids is 2. The lowest BCUT2D eigenvalue weighted by atomic mass is 10.2. The van der Waals surface area contributed by atoms with E-state index in [1.54, 1.807) is 28.8 Å². The number of hydrogen-bond acceptors (Lipinski definition) is 6. The molecule has 3 aromatic rings. The molecule has 2 amide bonds.